The Labute approximate surface area is 123 Å². The average molecular weight is 329 g/mol. The van der Waals surface area contributed by atoms with E-state index in [-0.39, 0.29) is 11.9 Å². The van der Waals surface area contributed by atoms with Gasteiger partial charge >= 0.3 is 0 Å². The van der Waals surface area contributed by atoms with Gasteiger partial charge < -0.3 is 5.73 Å². The lowest BCUT2D eigenvalue weighted by atomic mass is 9.89. The molecule has 2 atom stereocenters. The van der Waals surface area contributed by atoms with Gasteiger partial charge in [0.15, 0.2) is 0 Å². The van der Waals surface area contributed by atoms with Crippen molar-refractivity contribution in [3.63, 3.8) is 0 Å². The zero-order valence-corrected chi connectivity index (χ0v) is 13.0. The summed E-state index contributed by atoms with van der Waals surface area (Å²) in [6.07, 6.45) is 3.54. The first-order valence-corrected chi connectivity index (χ1v) is 7.85. The van der Waals surface area contributed by atoms with Gasteiger partial charge in [-0.15, -0.1) is 0 Å². The van der Waals surface area contributed by atoms with Gasteiger partial charge in [-0.05, 0) is 62.2 Å². The number of nitrogens with two attached hydrogens (primary N) is 1. The Hall–Kier alpha value is -0.450. The second-order valence-electron chi connectivity index (χ2n) is 5.23. The van der Waals surface area contributed by atoms with E-state index in [1.54, 1.807) is 12.1 Å². The number of nitrogens with zero attached hydrogens (tertiary/aromatic N) is 1. The highest BCUT2D eigenvalue weighted by atomic mass is 79.9. The molecule has 1 aliphatic rings. The summed E-state index contributed by atoms with van der Waals surface area (Å²) in [6, 6.07) is 5.18. The van der Waals surface area contributed by atoms with Gasteiger partial charge in [0.05, 0.1) is 0 Å². The van der Waals surface area contributed by atoms with E-state index in [0.717, 1.165) is 29.5 Å². The van der Waals surface area contributed by atoms with Crippen LogP contribution >= 0.6 is 15.9 Å². The van der Waals surface area contributed by atoms with Crippen LogP contribution < -0.4 is 5.73 Å². The maximum absolute atomic E-state index is 13.6. The van der Waals surface area contributed by atoms with Crippen LogP contribution in [-0.4, -0.2) is 24.5 Å². The van der Waals surface area contributed by atoms with Gasteiger partial charge in [0, 0.05) is 10.5 Å². The lowest BCUT2D eigenvalue weighted by Gasteiger charge is -2.35. The van der Waals surface area contributed by atoms with Crippen molar-refractivity contribution in [3.05, 3.63) is 34.1 Å². The van der Waals surface area contributed by atoms with Gasteiger partial charge in [0.25, 0.3) is 0 Å². The maximum atomic E-state index is 13.6. The summed E-state index contributed by atoms with van der Waals surface area (Å²) in [5.41, 5.74) is 7.01. The lowest BCUT2D eigenvalue weighted by molar-refractivity contribution is 0.165. The van der Waals surface area contributed by atoms with Crippen LogP contribution in [0.4, 0.5) is 4.39 Å². The Balaban J connectivity index is 2.41. The van der Waals surface area contributed by atoms with Crippen LogP contribution in [0.3, 0.4) is 0 Å². The third-order valence-electron chi connectivity index (χ3n) is 4.10. The Morgan fingerprint density at radius 2 is 2.21 bits per heavy atom. The summed E-state index contributed by atoms with van der Waals surface area (Å²) in [7, 11) is 0. The molecule has 2 N–H and O–H groups in total. The fourth-order valence-electron chi connectivity index (χ4n) is 3.11. The van der Waals surface area contributed by atoms with E-state index in [1.165, 1.54) is 18.9 Å². The third kappa shape index (κ3) is 3.36. The van der Waals surface area contributed by atoms with Crippen molar-refractivity contribution in [2.24, 2.45) is 11.7 Å². The van der Waals surface area contributed by atoms with Crippen molar-refractivity contribution >= 4 is 15.9 Å². The number of halogens is 2. The van der Waals surface area contributed by atoms with Crippen LogP contribution in [0.5, 0.6) is 0 Å². The summed E-state index contributed by atoms with van der Waals surface area (Å²) < 4.78 is 14.6. The minimum atomic E-state index is -0.172. The molecule has 0 bridgehead atoms. The first kappa shape index (κ1) is 14.9. The number of benzene rings is 1. The van der Waals surface area contributed by atoms with E-state index in [2.05, 4.69) is 27.8 Å². The summed E-state index contributed by atoms with van der Waals surface area (Å²) in [4.78, 5) is 2.43. The van der Waals surface area contributed by atoms with Crippen molar-refractivity contribution in [1.29, 1.82) is 0 Å². The molecule has 4 heteroatoms. The van der Waals surface area contributed by atoms with E-state index in [0.29, 0.717) is 12.5 Å². The van der Waals surface area contributed by atoms with Crippen molar-refractivity contribution in [1.82, 2.24) is 4.90 Å². The Kier molecular flexibility index (Phi) is 5.37. The molecule has 106 valence electrons. The number of hydrogen-bond acceptors (Lipinski definition) is 2. The predicted octanol–water partition coefficient (Wildman–Crippen LogP) is 3.71. The van der Waals surface area contributed by atoms with E-state index < -0.39 is 0 Å². The van der Waals surface area contributed by atoms with E-state index in [9.17, 15) is 4.39 Å². The first-order chi connectivity index (χ1) is 9.17. The zero-order valence-electron chi connectivity index (χ0n) is 11.4. The van der Waals surface area contributed by atoms with E-state index >= 15 is 0 Å². The molecule has 1 saturated heterocycles. The topological polar surface area (TPSA) is 29.3 Å². The zero-order chi connectivity index (χ0) is 13.8. The molecular weight excluding hydrogens is 307 g/mol. The van der Waals surface area contributed by atoms with Gasteiger partial charge in [0.2, 0.25) is 0 Å². The molecule has 0 aliphatic carbocycles. The molecule has 2 rings (SSSR count). The molecule has 0 amide bonds. The average Bonchev–Trinajstić information content (AvgIpc) is 2.63. The Bertz CT molecular complexity index is 411. The molecule has 0 aromatic heterocycles. The largest absolute Gasteiger partial charge is 0.330 e. The Morgan fingerprint density at radius 1 is 1.42 bits per heavy atom. The monoisotopic (exact) mass is 328 g/mol. The third-order valence-corrected chi connectivity index (χ3v) is 4.82. The fourth-order valence-corrected chi connectivity index (χ4v) is 3.59. The molecule has 19 heavy (non-hydrogen) atoms. The van der Waals surface area contributed by atoms with Crippen LogP contribution in [-0.2, 0) is 0 Å². The molecule has 2 unspecified atom stereocenters. The van der Waals surface area contributed by atoms with Gasteiger partial charge in [-0.1, -0.05) is 29.3 Å². The number of likely N-dealkylation sites (tertiary alicyclic amines) is 1. The molecule has 0 radical (unpaired) electrons. The first-order valence-electron chi connectivity index (χ1n) is 7.06. The fraction of sp³-hybridized carbons (Fsp3) is 0.600. The highest BCUT2D eigenvalue weighted by molar-refractivity contribution is 9.10. The summed E-state index contributed by atoms with van der Waals surface area (Å²) in [5.74, 6) is 0.231. The van der Waals surface area contributed by atoms with Crippen LogP contribution in [0.1, 0.15) is 37.8 Å². The van der Waals surface area contributed by atoms with Crippen LogP contribution in [0.25, 0.3) is 0 Å². The SMILES string of the molecule is CCN1CCCCC(CN)C1c1cc(F)ccc1Br. The van der Waals surface area contributed by atoms with Gasteiger partial charge in [0.1, 0.15) is 5.82 Å². The summed E-state index contributed by atoms with van der Waals surface area (Å²) in [5, 5.41) is 0. The normalized spacial score (nSPS) is 25.3. The number of rotatable bonds is 3. The summed E-state index contributed by atoms with van der Waals surface area (Å²) >= 11 is 3.57. The molecule has 1 aliphatic heterocycles. The van der Waals surface area contributed by atoms with Gasteiger partial charge in [-0.25, -0.2) is 4.39 Å². The molecule has 2 nitrogen and oxygen atoms in total. The van der Waals surface area contributed by atoms with Crippen LogP contribution in [0.15, 0.2) is 22.7 Å². The Morgan fingerprint density at radius 3 is 2.89 bits per heavy atom. The maximum Gasteiger partial charge on any atom is 0.123 e. The second kappa shape index (κ2) is 6.82. The van der Waals surface area contributed by atoms with E-state index in [4.69, 9.17) is 5.73 Å². The highest BCUT2D eigenvalue weighted by Crippen LogP contribution is 2.38. The predicted molar refractivity (Wildman–Crippen MR) is 80.5 cm³/mol. The van der Waals surface area contributed by atoms with Crippen molar-refractivity contribution in [2.45, 2.75) is 32.2 Å². The molecule has 1 fully saturated rings. The second-order valence-corrected chi connectivity index (χ2v) is 6.09. The molecule has 1 heterocycles. The standard InChI is InChI=1S/C15H22BrFN2/c1-2-19-8-4-3-5-11(10-18)15(19)13-9-12(17)6-7-14(13)16/h6-7,9,11,15H,2-5,8,10,18H2,1H3. The highest BCUT2D eigenvalue weighted by Gasteiger charge is 2.30. The van der Waals surface area contributed by atoms with Crippen molar-refractivity contribution in [3.8, 4) is 0 Å². The minimum Gasteiger partial charge on any atom is -0.330 e. The quantitative estimate of drug-likeness (QED) is 0.916. The molecule has 1 aromatic rings. The molecular formula is C15H22BrFN2. The lowest BCUT2D eigenvalue weighted by Crippen LogP contribution is -2.35. The van der Waals surface area contributed by atoms with Crippen LogP contribution in [0.2, 0.25) is 0 Å². The minimum absolute atomic E-state index is 0.172. The summed E-state index contributed by atoms with van der Waals surface area (Å²) in [6.45, 7) is 4.87. The van der Waals surface area contributed by atoms with Crippen LogP contribution in [0, 0.1) is 11.7 Å². The van der Waals surface area contributed by atoms with Gasteiger partial charge in [-0.3, -0.25) is 4.90 Å². The van der Waals surface area contributed by atoms with Crippen molar-refractivity contribution < 1.29 is 4.39 Å². The van der Waals surface area contributed by atoms with E-state index in [1.807, 2.05) is 0 Å². The number of hydrogen-bond donors (Lipinski definition) is 1. The molecule has 0 spiro atoms. The molecule has 1 aromatic carbocycles. The van der Waals surface area contributed by atoms with Gasteiger partial charge in [-0.2, -0.15) is 0 Å². The molecule has 0 saturated carbocycles. The van der Waals surface area contributed by atoms with Crippen molar-refractivity contribution in [2.75, 3.05) is 19.6 Å². The smallest absolute Gasteiger partial charge is 0.123 e.